The summed E-state index contributed by atoms with van der Waals surface area (Å²) in [6.45, 7) is 11.8. The molecule has 0 saturated carbocycles. The average molecular weight is 450 g/mol. The Hall–Kier alpha value is -2.24. The van der Waals surface area contributed by atoms with Crippen LogP contribution in [0.15, 0.2) is 48.8 Å². The number of likely N-dealkylation sites (tertiary alicyclic amines) is 1. The standard InChI is InChI=1S/C28H39N3O2/c1-22-7-4-5-9-26(22)21-30-14-10-23(11-15-30)19-31(20-24-8-6-13-29-18-24)27(32)25-12-16-33-28(2,3)17-25/h4-9,13,18,23,25H,10-12,14-17,19-21H2,1-3H3/t25-/m0/s1. The van der Waals surface area contributed by atoms with E-state index in [1.165, 1.54) is 11.1 Å². The van der Waals surface area contributed by atoms with Crippen molar-refractivity contribution in [2.24, 2.45) is 11.8 Å². The van der Waals surface area contributed by atoms with Crippen LogP contribution in [0.1, 0.15) is 56.2 Å². The van der Waals surface area contributed by atoms with Gasteiger partial charge in [0.15, 0.2) is 0 Å². The van der Waals surface area contributed by atoms with E-state index in [0.717, 1.165) is 57.4 Å². The van der Waals surface area contributed by atoms with Gasteiger partial charge in [-0.25, -0.2) is 0 Å². The monoisotopic (exact) mass is 449 g/mol. The third-order valence-corrected chi connectivity index (χ3v) is 7.30. The van der Waals surface area contributed by atoms with E-state index in [-0.39, 0.29) is 17.4 Å². The minimum absolute atomic E-state index is 0.0477. The van der Waals surface area contributed by atoms with Gasteiger partial charge in [0.2, 0.25) is 5.91 Å². The Balaban J connectivity index is 1.38. The lowest BCUT2D eigenvalue weighted by Crippen LogP contribution is -2.46. The lowest BCUT2D eigenvalue weighted by molar-refractivity contribution is -0.147. The topological polar surface area (TPSA) is 45.7 Å². The fourth-order valence-corrected chi connectivity index (χ4v) is 5.31. The van der Waals surface area contributed by atoms with Gasteiger partial charge in [-0.3, -0.25) is 14.7 Å². The molecule has 0 radical (unpaired) electrons. The Bertz CT molecular complexity index is 906. The largest absolute Gasteiger partial charge is 0.376 e. The third kappa shape index (κ3) is 6.64. The molecule has 33 heavy (non-hydrogen) atoms. The summed E-state index contributed by atoms with van der Waals surface area (Å²) in [5.74, 6) is 0.885. The van der Waals surface area contributed by atoms with Crippen molar-refractivity contribution in [2.75, 3.05) is 26.2 Å². The minimum atomic E-state index is -0.223. The first-order valence-corrected chi connectivity index (χ1v) is 12.5. The van der Waals surface area contributed by atoms with E-state index in [2.05, 4.69) is 65.9 Å². The third-order valence-electron chi connectivity index (χ3n) is 7.30. The smallest absolute Gasteiger partial charge is 0.226 e. The number of pyridine rings is 1. The van der Waals surface area contributed by atoms with Crippen molar-refractivity contribution in [3.05, 3.63) is 65.5 Å². The first kappa shape index (κ1) is 23.9. The highest BCUT2D eigenvalue weighted by atomic mass is 16.5. The van der Waals surface area contributed by atoms with E-state index in [0.29, 0.717) is 19.1 Å². The molecule has 0 unspecified atom stereocenters. The zero-order chi connectivity index (χ0) is 23.3. The predicted octanol–water partition coefficient (Wildman–Crippen LogP) is 4.84. The van der Waals surface area contributed by atoms with Crippen LogP contribution in [0.5, 0.6) is 0 Å². The fraction of sp³-hybridized carbons (Fsp3) is 0.571. The van der Waals surface area contributed by atoms with Gasteiger partial charge in [-0.2, -0.15) is 0 Å². The number of amides is 1. The highest BCUT2D eigenvalue weighted by molar-refractivity contribution is 5.79. The van der Waals surface area contributed by atoms with Crippen molar-refractivity contribution in [2.45, 2.75) is 65.1 Å². The zero-order valence-corrected chi connectivity index (χ0v) is 20.5. The van der Waals surface area contributed by atoms with E-state index in [9.17, 15) is 4.79 Å². The second-order valence-corrected chi connectivity index (χ2v) is 10.5. The van der Waals surface area contributed by atoms with Crippen LogP contribution in [0.2, 0.25) is 0 Å². The Morgan fingerprint density at radius 1 is 1.15 bits per heavy atom. The van der Waals surface area contributed by atoms with Gasteiger partial charge in [0.05, 0.1) is 5.60 Å². The Kier molecular flexibility index (Phi) is 7.82. The molecule has 178 valence electrons. The number of carbonyl (C=O) groups is 1. The normalized spacial score (nSPS) is 21.6. The van der Waals surface area contributed by atoms with Gasteiger partial charge in [-0.05, 0) is 88.2 Å². The van der Waals surface area contributed by atoms with Crippen LogP contribution in [0.25, 0.3) is 0 Å². The molecule has 1 aromatic heterocycles. The summed E-state index contributed by atoms with van der Waals surface area (Å²) in [4.78, 5) is 22.6. The Morgan fingerprint density at radius 2 is 1.94 bits per heavy atom. The van der Waals surface area contributed by atoms with Crippen LogP contribution in [-0.4, -0.2) is 52.5 Å². The van der Waals surface area contributed by atoms with Gasteiger partial charge >= 0.3 is 0 Å². The molecule has 1 amide bonds. The van der Waals surface area contributed by atoms with Crippen LogP contribution < -0.4 is 0 Å². The van der Waals surface area contributed by atoms with Crippen LogP contribution in [0, 0.1) is 18.8 Å². The van der Waals surface area contributed by atoms with Gasteiger partial charge in [-0.1, -0.05) is 30.3 Å². The first-order chi connectivity index (χ1) is 15.9. The zero-order valence-electron chi connectivity index (χ0n) is 20.5. The average Bonchev–Trinajstić information content (AvgIpc) is 2.81. The van der Waals surface area contributed by atoms with Gasteiger partial charge in [-0.15, -0.1) is 0 Å². The maximum atomic E-state index is 13.6. The van der Waals surface area contributed by atoms with Gasteiger partial charge in [0.25, 0.3) is 0 Å². The van der Waals surface area contributed by atoms with Crippen molar-refractivity contribution in [1.82, 2.24) is 14.8 Å². The SMILES string of the molecule is Cc1ccccc1CN1CCC(CN(Cc2cccnc2)C(=O)[C@H]2CCOC(C)(C)C2)CC1. The van der Waals surface area contributed by atoms with Crippen molar-refractivity contribution < 1.29 is 9.53 Å². The molecule has 5 heteroatoms. The summed E-state index contributed by atoms with van der Waals surface area (Å²) < 4.78 is 5.88. The van der Waals surface area contributed by atoms with Crippen molar-refractivity contribution >= 4 is 5.91 Å². The summed E-state index contributed by atoms with van der Waals surface area (Å²) in [7, 11) is 0. The van der Waals surface area contributed by atoms with Crippen LogP contribution in [0.4, 0.5) is 0 Å². The van der Waals surface area contributed by atoms with Gasteiger partial charge in [0, 0.05) is 44.6 Å². The summed E-state index contributed by atoms with van der Waals surface area (Å²) in [5.41, 5.74) is 3.67. The van der Waals surface area contributed by atoms with Crippen molar-refractivity contribution in [1.29, 1.82) is 0 Å². The Morgan fingerprint density at radius 3 is 2.64 bits per heavy atom. The molecular weight excluding hydrogens is 410 g/mol. The molecule has 2 saturated heterocycles. The lowest BCUT2D eigenvalue weighted by atomic mass is 9.86. The summed E-state index contributed by atoms with van der Waals surface area (Å²) in [5, 5.41) is 0. The molecule has 2 aliphatic heterocycles. The first-order valence-electron chi connectivity index (χ1n) is 12.5. The number of nitrogens with zero attached hydrogens (tertiary/aromatic N) is 3. The van der Waals surface area contributed by atoms with Crippen LogP contribution in [0.3, 0.4) is 0 Å². The number of benzene rings is 1. The summed E-state index contributed by atoms with van der Waals surface area (Å²) in [6, 6.07) is 12.7. The van der Waals surface area contributed by atoms with Gasteiger partial charge in [0.1, 0.15) is 0 Å². The quantitative estimate of drug-likeness (QED) is 0.607. The molecule has 2 aromatic rings. The number of hydrogen-bond donors (Lipinski definition) is 0. The lowest BCUT2D eigenvalue weighted by Gasteiger charge is -2.39. The number of carbonyl (C=O) groups excluding carboxylic acids is 1. The molecular formula is C28H39N3O2. The molecule has 3 heterocycles. The van der Waals surface area contributed by atoms with E-state index in [1.54, 1.807) is 6.20 Å². The highest BCUT2D eigenvalue weighted by Gasteiger charge is 2.36. The predicted molar refractivity (Wildman–Crippen MR) is 132 cm³/mol. The molecule has 1 aromatic carbocycles. The molecule has 2 aliphatic rings. The molecule has 0 bridgehead atoms. The molecule has 0 N–H and O–H groups in total. The van der Waals surface area contributed by atoms with E-state index in [1.807, 2.05) is 12.3 Å². The number of hydrogen-bond acceptors (Lipinski definition) is 4. The van der Waals surface area contributed by atoms with Crippen molar-refractivity contribution in [3.8, 4) is 0 Å². The molecule has 2 fully saturated rings. The Labute approximate surface area is 199 Å². The fourth-order valence-electron chi connectivity index (χ4n) is 5.31. The number of aryl methyl sites for hydroxylation is 1. The summed E-state index contributed by atoms with van der Waals surface area (Å²) >= 11 is 0. The van der Waals surface area contributed by atoms with E-state index < -0.39 is 0 Å². The second kappa shape index (κ2) is 10.8. The molecule has 4 rings (SSSR count). The minimum Gasteiger partial charge on any atom is -0.376 e. The molecule has 5 nitrogen and oxygen atoms in total. The van der Waals surface area contributed by atoms with E-state index >= 15 is 0 Å². The number of piperidine rings is 1. The second-order valence-electron chi connectivity index (χ2n) is 10.5. The highest BCUT2D eigenvalue weighted by Crippen LogP contribution is 2.31. The maximum absolute atomic E-state index is 13.6. The number of rotatable bonds is 7. The van der Waals surface area contributed by atoms with Gasteiger partial charge < -0.3 is 9.64 Å². The molecule has 0 aliphatic carbocycles. The van der Waals surface area contributed by atoms with Crippen LogP contribution in [-0.2, 0) is 22.6 Å². The maximum Gasteiger partial charge on any atom is 0.226 e. The van der Waals surface area contributed by atoms with E-state index in [4.69, 9.17) is 4.74 Å². The molecule has 0 spiro atoms. The number of ether oxygens (including phenoxy) is 1. The number of aromatic nitrogens is 1. The van der Waals surface area contributed by atoms with Crippen molar-refractivity contribution in [3.63, 3.8) is 0 Å². The van der Waals surface area contributed by atoms with Crippen LogP contribution >= 0.6 is 0 Å². The summed E-state index contributed by atoms with van der Waals surface area (Å²) in [6.07, 6.45) is 7.58. The molecule has 1 atom stereocenters.